The molecule has 150 valence electrons. The zero-order chi connectivity index (χ0) is 20.1. The van der Waals surface area contributed by atoms with E-state index in [0.29, 0.717) is 13.1 Å². The molecule has 0 bridgehead atoms. The second-order valence-corrected chi connectivity index (χ2v) is 8.32. The van der Waals surface area contributed by atoms with Gasteiger partial charge in [-0.15, -0.1) is 10.2 Å². The van der Waals surface area contributed by atoms with Gasteiger partial charge in [-0.3, -0.25) is 4.79 Å². The average Bonchev–Trinajstić information content (AvgIpc) is 3.28. The van der Waals surface area contributed by atoms with Crippen molar-refractivity contribution in [3.05, 3.63) is 66.1 Å². The Bertz CT molecular complexity index is 926. The van der Waals surface area contributed by atoms with Crippen molar-refractivity contribution in [2.24, 2.45) is 5.92 Å². The highest BCUT2D eigenvalue weighted by atomic mass is 32.2. The predicted octanol–water partition coefficient (Wildman–Crippen LogP) is 4.06. The molecule has 1 aromatic carbocycles. The highest BCUT2D eigenvalue weighted by molar-refractivity contribution is 7.99. The molecule has 3 heterocycles. The van der Waals surface area contributed by atoms with E-state index < -0.39 is 0 Å². The molecule has 1 unspecified atom stereocenters. The zero-order valence-corrected chi connectivity index (χ0v) is 17.2. The van der Waals surface area contributed by atoms with Crippen LogP contribution in [0.2, 0.25) is 0 Å². The molecule has 29 heavy (non-hydrogen) atoms. The number of aromatic nitrogens is 2. The summed E-state index contributed by atoms with van der Waals surface area (Å²) in [5.74, 6) is 1.59. The molecular formula is C22H24N4O2S. The minimum Gasteiger partial charge on any atom is -0.467 e. The van der Waals surface area contributed by atoms with Crippen LogP contribution < -0.4 is 10.2 Å². The van der Waals surface area contributed by atoms with Gasteiger partial charge < -0.3 is 14.6 Å². The lowest BCUT2D eigenvalue weighted by molar-refractivity contribution is -0.125. The van der Waals surface area contributed by atoms with Gasteiger partial charge in [0.2, 0.25) is 5.91 Å². The van der Waals surface area contributed by atoms with Crippen molar-refractivity contribution in [1.82, 2.24) is 15.5 Å². The topological polar surface area (TPSA) is 71.3 Å². The van der Waals surface area contributed by atoms with Crippen LogP contribution in [0.25, 0.3) is 0 Å². The molecule has 1 fully saturated rings. The fourth-order valence-electron chi connectivity index (χ4n) is 3.39. The normalized spacial score (nSPS) is 16.6. The van der Waals surface area contributed by atoms with Gasteiger partial charge in [0.25, 0.3) is 0 Å². The third-order valence-corrected chi connectivity index (χ3v) is 5.94. The minimum absolute atomic E-state index is 0.0536. The predicted molar refractivity (Wildman–Crippen MR) is 113 cm³/mol. The van der Waals surface area contributed by atoms with Gasteiger partial charge >= 0.3 is 0 Å². The number of hydrogen-bond acceptors (Lipinski definition) is 6. The van der Waals surface area contributed by atoms with E-state index in [1.54, 1.807) is 18.0 Å². The summed E-state index contributed by atoms with van der Waals surface area (Å²) in [6.07, 6.45) is 3.46. The number of carbonyl (C=O) groups is 1. The number of nitrogens with one attached hydrogen (secondary N) is 1. The molecule has 7 heteroatoms. The maximum atomic E-state index is 12.5. The summed E-state index contributed by atoms with van der Waals surface area (Å²) in [6.45, 7) is 4.05. The van der Waals surface area contributed by atoms with Crippen LogP contribution in [0.1, 0.15) is 24.2 Å². The number of carbonyl (C=O) groups excluding carboxylic acids is 1. The fourth-order valence-corrected chi connectivity index (χ4v) is 4.13. The Kier molecular flexibility index (Phi) is 6.14. The summed E-state index contributed by atoms with van der Waals surface area (Å²) in [5, 5.41) is 12.6. The van der Waals surface area contributed by atoms with E-state index in [1.807, 2.05) is 24.3 Å². The first-order chi connectivity index (χ1) is 14.2. The molecule has 4 rings (SSSR count). The molecule has 0 saturated carbocycles. The van der Waals surface area contributed by atoms with Gasteiger partial charge in [0.1, 0.15) is 10.8 Å². The van der Waals surface area contributed by atoms with Crippen molar-refractivity contribution >= 4 is 23.5 Å². The SMILES string of the molecule is Cc1ccc(Sc2ccc(N3CCCC(C(=O)NCc4ccco4)C3)nn2)cc1. The molecule has 0 aliphatic carbocycles. The van der Waals surface area contributed by atoms with E-state index in [4.69, 9.17) is 4.42 Å². The summed E-state index contributed by atoms with van der Waals surface area (Å²) < 4.78 is 5.28. The van der Waals surface area contributed by atoms with Crippen LogP contribution in [0, 0.1) is 12.8 Å². The van der Waals surface area contributed by atoms with Crippen molar-refractivity contribution in [2.45, 2.75) is 36.2 Å². The summed E-state index contributed by atoms with van der Waals surface area (Å²) in [6, 6.07) is 16.0. The highest BCUT2D eigenvalue weighted by Crippen LogP contribution is 2.27. The van der Waals surface area contributed by atoms with E-state index in [-0.39, 0.29) is 11.8 Å². The molecule has 1 amide bonds. The number of hydrogen-bond donors (Lipinski definition) is 1. The van der Waals surface area contributed by atoms with Crippen LogP contribution in [0.3, 0.4) is 0 Å². The van der Waals surface area contributed by atoms with E-state index in [2.05, 4.69) is 51.6 Å². The van der Waals surface area contributed by atoms with E-state index in [1.165, 1.54) is 5.56 Å². The number of nitrogens with zero attached hydrogens (tertiary/aromatic N) is 3. The van der Waals surface area contributed by atoms with Crippen molar-refractivity contribution in [1.29, 1.82) is 0 Å². The molecule has 1 aliphatic heterocycles. The van der Waals surface area contributed by atoms with Gasteiger partial charge in [0.15, 0.2) is 5.82 Å². The van der Waals surface area contributed by atoms with Gasteiger partial charge in [0.05, 0.1) is 18.7 Å². The Hall–Kier alpha value is -2.80. The molecular weight excluding hydrogens is 384 g/mol. The number of furan rings is 1. The Morgan fingerprint density at radius 1 is 1.21 bits per heavy atom. The highest BCUT2D eigenvalue weighted by Gasteiger charge is 2.26. The first kappa shape index (κ1) is 19.5. The molecule has 1 saturated heterocycles. The van der Waals surface area contributed by atoms with E-state index >= 15 is 0 Å². The monoisotopic (exact) mass is 408 g/mol. The number of amides is 1. The summed E-state index contributed by atoms with van der Waals surface area (Å²) in [5.41, 5.74) is 1.24. The van der Waals surface area contributed by atoms with Crippen LogP contribution in [0.15, 0.2) is 69.1 Å². The lowest BCUT2D eigenvalue weighted by Gasteiger charge is -2.32. The quantitative estimate of drug-likeness (QED) is 0.663. The summed E-state index contributed by atoms with van der Waals surface area (Å²) in [4.78, 5) is 15.8. The van der Waals surface area contributed by atoms with Gasteiger partial charge in [-0.2, -0.15) is 0 Å². The standard InChI is InChI=1S/C22H24N4O2S/c1-16-6-8-19(9-7-16)29-21-11-10-20(24-25-21)26-12-2-4-17(15-26)22(27)23-14-18-5-3-13-28-18/h3,5-11,13,17H,2,4,12,14-15H2,1H3,(H,23,27). The van der Waals surface area contributed by atoms with Gasteiger partial charge in [-0.25, -0.2) is 0 Å². The largest absolute Gasteiger partial charge is 0.467 e. The zero-order valence-electron chi connectivity index (χ0n) is 16.4. The summed E-state index contributed by atoms with van der Waals surface area (Å²) in [7, 11) is 0. The first-order valence-corrected chi connectivity index (χ1v) is 10.6. The number of aryl methyl sites for hydroxylation is 1. The number of rotatable bonds is 6. The van der Waals surface area contributed by atoms with Crippen molar-refractivity contribution in [3.8, 4) is 0 Å². The maximum Gasteiger partial charge on any atom is 0.225 e. The Balaban J connectivity index is 1.34. The fraction of sp³-hybridized carbons (Fsp3) is 0.318. The van der Waals surface area contributed by atoms with Gasteiger partial charge in [-0.1, -0.05) is 29.5 Å². The Labute approximate surface area is 174 Å². The number of anilines is 1. The minimum atomic E-state index is -0.0536. The lowest BCUT2D eigenvalue weighted by atomic mass is 9.97. The maximum absolute atomic E-state index is 12.5. The lowest BCUT2D eigenvalue weighted by Crippen LogP contribution is -2.43. The number of piperidine rings is 1. The molecule has 3 aromatic rings. The Morgan fingerprint density at radius 2 is 2.07 bits per heavy atom. The van der Waals surface area contributed by atoms with Crippen molar-refractivity contribution < 1.29 is 9.21 Å². The number of benzene rings is 1. The van der Waals surface area contributed by atoms with E-state index in [0.717, 1.165) is 40.9 Å². The van der Waals surface area contributed by atoms with Crippen LogP contribution >= 0.6 is 11.8 Å². The van der Waals surface area contributed by atoms with E-state index in [9.17, 15) is 4.79 Å². The molecule has 0 radical (unpaired) electrons. The Morgan fingerprint density at radius 3 is 2.79 bits per heavy atom. The molecule has 0 spiro atoms. The van der Waals surface area contributed by atoms with Crippen LogP contribution in [-0.4, -0.2) is 29.2 Å². The molecule has 1 atom stereocenters. The van der Waals surface area contributed by atoms with Gasteiger partial charge in [0, 0.05) is 18.0 Å². The van der Waals surface area contributed by atoms with Crippen LogP contribution in [0.4, 0.5) is 5.82 Å². The van der Waals surface area contributed by atoms with Crippen LogP contribution in [0.5, 0.6) is 0 Å². The first-order valence-electron chi connectivity index (χ1n) is 9.81. The average molecular weight is 409 g/mol. The summed E-state index contributed by atoms with van der Waals surface area (Å²) >= 11 is 1.60. The third-order valence-electron chi connectivity index (χ3n) is 5.00. The van der Waals surface area contributed by atoms with Crippen molar-refractivity contribution in [2.75, 3.05) is 18.0 Å². The smallest absolute Gasteiger partial charge is 0.225 e. The third kappa shape index (κ3) is 5.17. The second-order valence-electron chi connectivity index (χ2n) is 7.23. The van der Waals surface area contributed by atoms with Crippen molar-refractivity contribution in [3.63, 3.8) is 0 Å². The molecule has 1 aliphatic rings. The van der Waals surface area contributed by atoms with Gasteiger partial charge in [-0.05, 0) is 56.2 Å². The second kappa shape index (κ2) is 9.13. The molecule has 2 aromatic heterocycles. The molecule has 6 nitrogen and oxygen atoms in total. The molecule has 1 N–H and O–H groups in total. The van der Waals surface area contributed by atoms with Crippen LogP contribution in [-0.2, 0) is 11.3 Å².